The van der Waals surface area contributed by atoms with Crippen molar-refractivity contribution in [3.63, 3.8) is 0 Å². The second-order valence-corrected chi connectivity index (χ2v) is 6.11. The number of hydrogen-bond donors (Lipinski definition) is 1. The summed E-state index contributed by atoms with van der Waals surface area (Å²) in [6.07, 6.45) is 7.59. The van der Waals surface area contributed by atoms with Crippen molar-refractivity contribution < 1.29 is 9.57 Å². The first-order valence-corrected chi connectivity index (χ1v) is 8.36. The maximum atomic E-state index is 5.91. The van der Waals surface area contributed by atoms with Gasteiger partial charge in [0, 0.05) is 12.6 Å². The minimum absolute atomic E-state index is 0.336. The minimum Gasteiger partial charge on any atom is -0.497 e. The Morgan fingerprint density at radius 3 is 2.71 bits per heavy atom. The van der Waals surface area contributed by atoms with Crippen LogP contribution in [0.15, 0.2) is 41.7 Å². The third-order valence-corrected chi connectivity index (χ3v) is 4.30. The number of hydrogen-bond acceptors (Lipinski definition) is 4. The van der Waals surface area contributed by atoms with Gasteiger partial charge in [0.1, 0.15) is 17.3 Å². The average molecular weight is 328 g/mol. The van der Waals surface area contributed by atoms with E-state index in [9.17, 15) is 0 Å². The Morgan fingerprint density at radius 1 is 1.25 bits per heavy atom. The highest BCUT2D eigenvalue weighted by atomic mass is 16.6. The topological polar surface area (TPSA) is 74.7 Å². The second kappa shape index (κ2) is 7.86. The molecule has 0 amide bonds. The van der Waals surface area contributed by atoms with E-state index in [1.165, 1.54) is 25.7 Å². The van der Waals surface area contributed by atoms with Gasteiger partial charge in [-0.05, 0) is 36.6 Å². The number of ether oxygens (including phenoxy) is 1. The molecule has 0 aliphatic heterocycles. The molecule has 3 rings (SSSR count). The molecule has 1 heterocycles. The van der Waals surface area contributed by atoms with Crippen molar-refractivity contribution in [2.24, 2.45) is 10.9 Å². The molecule has 0 radical (unpaired) electrons. The van der Waals surface area contributed by atoms with E-state index >= 15 is 0 Å². The van der Waals surface area contributed by atoms with Crippen molar-refractivity contribution in [3.05, 3.63) is 47.8 Å². The van der Waals surface area contributed by atoms with E-state index in [0.29, 0.717) is 24.9 Å². The summed E-state index contributed by atoms with van der Waals surface area (Å²) in [5, 5.41) is 8.54. The quantitative estimate of drug-likeness (QED) is 0.481. The van der Waals surface area contributed by atoms with Gasteiger partial charge in [-0.1, -0.05) is 30.1 Å². The summed E-state index contributed by atoms with van der Waals surface area (Å²) in [5.41, 5.74) is 7.85. The molecule has 1 aromatic carbocycles. The number of nitrogens with two attached hydrogens (primary N) is 1. The molecular formula is C18H24N4O2. The van der Waals surface area contributed by atoms with E-state index in [0.717, 1.165) is 17.0 Å². The summed E-state index contributed by atoms with van der Waals surface area (Å²) in [6.45, 7) is 0.336. The van der Waals surface area contributed by atoms with Gasteiger partial charge >= 0.3 is 0 Å². The van der Waals surface area contributed by atoms with Gasteiger partial charge in [0.25, 0.3) is 0 Å². The average Bonchev–Trinajstić information content (AvgIpc) is 3.27. The molecule has 0 saturated heterocycles. The number of oxime groups is 1. The Labute approximate surface area is 142 Å². The van der Waals surface area contributed by atoms with E-state index < -0.39 is 0 Å². The highest BCUT2D eigenvalue weighted by molar-refractivity contribution is 5.82. The monoisotopic (exact) mass is 328 g/mol. The van der Waals surface area contributed by atoms with Crippen LogP contribution in [-0.2, 0) is 17.9 Å². The fourth-order valence-electron chi connectivity index (χ4n) is 2.99. The number of rotatable bonds is 7. The van der Waals surface area contributed by atoms with Crippen LogP contribution >= 0.6 is 0 Å². The van der Waals surface area contributed by atoms with Crippen molar-refractivity contribution in [2.75, 3.05) is 7.11 Å². The molecule has 6 nitrogen and oxygen atoms in total. The van der Waals surface area contributed by atoms with Crippen LogP contribution in [0.5, 0.6) is 5.75 Å². The summed E-state index contributed by atoms with van der Waals surface area (Å²) in [6, 6.07) is 10.3. The SMILES string of the molecule is COc1ccc(C/C(N)=N/OCc2ccn(C3CCCC3)n2)cc1. The standard InChI is InChI=1S/C18H24N4O2/c1-23-17-8-6-14(7-9-17)12-18(19)21-24-13-15-10-11-22(20-15)16-4-2-3-5-16/h6-11,16H,2-5,12-13H2,1H3,(H2,19,21). The largest absolute Gasteiger partial charge is 0.497 e. The first-order valence-electron chi connectivity index (χ1n) is 8.36. The normalized spacial score (nSPS) is 15.6. The van der Waals surface area contributed by atoms with Crippen LogP contribution in [0.4, 0.5) is 0 Å². The Bertz CT molecular complexity index is 673. The lowest BCUT2D eigenvalue weighted by molar-refractivity contribution is 0.126. The molecule has 0 atom stereocenters. The number of aromatic nitrogens is 2. The molecule has 6 heteroatoms. The zero-order valence-electron chi connectivity index (χ0n) is 14.0. The zero-order valence-corrected chi connectivity index (χ0v) is 14.0. The van der Waals surface area contributed by atoms with Crippen LogP contribution in [0.3, 0.4) is 0 Å². The molecule has 128 valence electrons. The van der Waals surface area contributed by atoms with Crippen molar-refractivity contribution in [1.82, 2.24) is 9.78 Å². The zero-order chi connectivity index (χ0) is 16.8. The van der Waals surface area contributed by atoms with Crippen LogP contribution < -0.4 is 10.5 Å². The van der Waals surface area contributed by atoms with Gasteiger partial charge in [-0.15, -0.1) is 0 Å². The lowest BCUT2D eigenvalue weighted by atomic mass is 10.1. The first kappa shape index (κ1) is 16.4. The molecule has 0 unspecified atom stereocenters. The van der Waals surface area contributed by atoms with Crippen molar-refractivity contribution in [1.29, 1.82) is 0 Å². The van der Waals surface area contributed by atoms with Gasteiger partial charge in [0.2, 0.25) is 0 Å². The summed E-state index contributed by atoms with van der Waals surface area (Å²) >= 11 is 0. The smallest absolute Gasteiger partial charge is 0.161 e. The Morgan fingerprint density at radius 2 is 2.00 bits per heavy atom. The van der Waals surface area contributed by atoms with E-state index in [4.69, 9.17) is 15.3 Å². The maximum Gasteiger partial charge on any atom is 0.161 e. The predicted molar refractivity (Wildman–Crippen MR) is 92.8 cm³/mol. The van der Waals surface area contributed by atoms with Crippen LogP contribution in [-0.4, -0.2) is 22.7 Å². The van der Waals surface area contributed by atoms with Gasteiger partial charge in [0.15, 0.2) is 6.61 Å². The molecule has 0 spiro atoms. The predicted octanol–water partition coefficient (Wildman–Crippen LogP) is 3.04. The summed E-state index contributed by atoms with van der Waals surface area (Å²) in [7, 11) is 1.65. The molecule has 2 aromatic rings. The molecule has 1 aliphatic carbocycles. The molecule has 1 fully saturated rings. The Kier molecular flexibility index (Phi) is 5.36. The maximum absolute atomic E-state index is 5.91. The van der Waals surface area contributed by atoms with Gasteiger partial charge in [-0.25, -0.2) is 0 Å². The lowest BCUT2D eigenvalue weighted by Gasteiger charge is -2.08. The Hall–Kier alpha value is -2.50. The highest BCUT2D eigenvalue weighted by Gasteiger charge is 2.17. The van der Waals surface area contributed by atoms with Gasteiger partial charge in [-0.3, -0.25) is 4.68 Å². The van der Waals surface area contributed by atoms with Gasteiger partial charge in [-0.2, -0.15) is 5.10 Å². The number of nitrogens with zero attached hydrogens (tertiary/aromatic N) is 3. The second-order valence-electron chi connectivity index (χ2n) is 6.11. The van der Waals surface area contributed by atoms with Gasteiger partial charge < -0.3 is 15.3 Å². The third kappa shape index (κ3) is 4.28. The molecule has 2 N–H and O–H groups in total. The minimum atomic E-state index is 0.336. The fraction of sp³-hybridized carbons (Fsp3) is 0.444. The van der Waals surface area contributed by atoms with Crippen LogP contribution in [0.25, 0.3) is 0 Å². The van der Waals surface area contributed by atoms with Crippen LogP contribution in [0.2, 0.25) is 0 Å². The number of benzene rings is 1. The number of methoxy groups -OCH3 is 1. The van der Waals surface area contributed by atoms with Crippen LogP contribution in [0.1, 0.15) is 43.0 Å². The van der Waals surface area contributed by atoms with Gasteiger partial charge in [0.05, 0.1) is 13.2 Å². The van der Waals surface area contributed by atoms with Crippen molar-refractivity contribution in [3.8, 4) is 5.75 Å². The number of amidine groups is 1. The molecule has 0 bridgehead atoms. The fourth-order valence-corrected chi connectivity index (χ4v) is 2.99. The van der Waals surface area contributed by atoms with Crippen molar-refractivity contribution in [2.45, 2.75) is 44.8 Å². The van der Waals surface area contributed by atoms with E-state index in [1.807, 2.05) is 36.5 Å². The van der Waals surface area contributed by atoms with E-state index in [1.54, 1.807) is 7.11 Å². The molecule has 1 aliphatic rings. The van der Waals surface area contributed by atoms with Crippen LogP contribution in [0, 0.1) is 0 Å². The van der Waals surface area contributed by atoms with Crippen molar-refractivity contribution >= 4 is 5.84 Å². The Balaban J connectivity index is 1.48. The lowest BCUT2D eigenvalue weighted by Crippen LogP contribution is -2.15. The third-order valence-electron chi connectivity index (χ3n) is 4.30. The molecule has 24 heavy (non-hydrogen) atoms. The van der Waals surface area contributed by atoms with E-state index in [-0.39, 0.29) is 0 Å². The highest BCUT2D eigenvalue weighted by Crippen LogP contribution is 2.28. The first-order chi connectivity index (χ1) is 11.7. The molecule has 1 saturated carbocycles. The molecule has 1 aromatic heterocycles. The summed E-state index contributed by atoms with van der Waals surface area (Å²) in [4.78, 5) is 5.34. The van der Waals surface area contributed by atoms with E-state index in [2.05, 4.69) is 14.9 Å². The molecular weight excluding hydrogens is 304 g/mol. The summed E-state index contributed by atoms with van der Waals surface area (Å²) in [5.74, 6) is 1.26. The summed E-state index contributed by atoms with van der Waals surface area (Å²) < 4.78 is 7.18.